The zero-order valence-corrected chi connectivity index (χ0v) is 10.7. The number of nitrogens with one attached hydrogen (secondary N) is 1. The van der Waals surface area contributed by atoms with Gasteiger partial charge in [-0.2, -0.15) is 4.98 Å². The van der Waals surface area contributed by atoms with Gasteiger partial charge in [-0.3, -0.25) is 4.79 Å². The van der Waals surface area contributed by atoms with Crippen LogP contribution in [0.2, 0.25) is 0 Å². The first-order valence-corrected chi connectivity index (χ1v) is 6.10. The molecule has 3 rings (SSSR count). The summed E-state index contributed by atoms with van der Waals surface area (Å²) < 4.78 is 1.20. The molecule has 0 aromatic carbocycles. The Balaban J connectivity index is 2.55. The van der Waals surface area contributed by atoms with Crippen molar-refractivity contribution in [1.29, 1.82) is 0 Å². The molecule has 0 atom stereocenters. The first kappa shape index (κ1) is 12.3. The van der Waals surface area contributed by atoms with E-state index in [0.717, 1.165) is 11.3 Å². The van der Waals surface area contributed by atoms with Crippen LogP contribution in [-0.4, -0.2) is 42.0 Å². The smallest absolute Gasteiger partial charge is 0.360 e. The second-order valence-electron chi connectivity index (χ2n) is 3.98. The van der Waals surface area contributed by atoms with E-state index in [1.54, 1.807) is 0 Å². The number of hydrogen-bond acceptors (Lipinski definition) is 6. The Morgan fingerprint density at radius 3 is 2.60 bits per heavy atom. The summed E-state index contributed by atoms with van der Waals surface area (Å²) in [6.07, 6.45) is 0. The van der Waals surface area contributed by atoms with Crippen LogP contribution >= 0.6 is 11.3 Å². The summed E-state index contributed by atoms with van der Waals surface area (Å²) in [5.41, 5.74) is -0.916. The van der Waals surface area contributed by atoms with Gasteiger partial charge >= 0.3 is 11.9 Å². The molecule has 9 nitrogen and oxygen atoms in total. The van der Waals surface area contributed by atoms with E-state index in [2.05, 4.69) is 15.3 Å². The fourth-order valence-electron chi connectivity index (χ4n) is 1.95. The zero-order valence-electron chi connectivity index (χ0n) is 9.87. The van der Waals surface area contributed by atoms with E-state index in [-0.39, 0.29) is 20.7 Å². The van der Waals surface area contributed by atoms with Crippen molar-refractivity contribution < 1.29 is 19.8 Å². The van der Waals surface area contributed by atoms with Crippen LogP contribution in [0.5, 0.6) is 0 Å². The van der Waals surface area contributed by atoms with Crippen molar-refractivity contribution in [3.8, 4) is 0 Å². The van der Waals surface area contributed by atoms with Crippen LogP contribution in [0.4, 0.5) is 0 Å². The lowest BCUT2D eigenvalue weighted by Crippen LogP contribution is -2.11. The van der Waals surface area contributed by atoms with Gasteiger partial charge in [0.25, 0.3) is 5.56 Å². The Kier molecular flexibility index (Phi) is 2.38. The summed E-state index contributed by atoms with van der Waals surface area (Å²) in [5.74, 6) is -2.49. The molecule has 0 radical (unpaired) electrons. The minimum absolute atomic E-state index is 0.00498. The largest absolute Gasteiger partial charge is 0.477 e. The fraction of sp³-hybridized carbons (Fsp3) is 0.100. The summed E-state index contributed by atoms with van der Waals surface area (Å²) in [6.45, 7) is 1.51. The molecule has 0 aliphatic rings. The number of nitrogens with zero attached hydrogens (tertiary/aromatic N) is 3. The predicted molar refractivity (Wildman–Crippen MR) is 67.6 cm³/mol. The normalized spacial score (nSPS) is 11.2. The van der Waals surface area contributed by atoms with E-state index in [1.807, 2.05) is 0 Å². The molecule has 0 aliphatic carbocycles. The Bertz CT molecular complexity index is 950. The van der Waals surface area contributed by atoms with Gasteiger partial charge in [-0.1, -0.05) is 0 Å². The maximum Gasteiger partial charge on any atom is 0.360 e. The number of aromatic nitrogens is 4. The maximum atomic E-state index is 12.0. The van der Waals surface area contributed by atoms with Crippen LogP contribution in [0, 0.1) is 6.92 Å². The van der Waals surface area contributed by atoms with Crippen LogP contribution in [0.1, 0.15) is 25.7 Å². The molecule has 0 unspecified atom stereocenters. The van der Waals surface area contributed by atoms with Gasteiger partial charge in [0.2, 0.25) is 5.69 Å². The molecule has 0 saturated heterocycles. The molecule has 0 fully saturated rings. The highest BCUT2D eigenvalue weighted by molar-refractivity contribution is 7.20. The minimum Gasteiger partial charge on any atom is -0.477 e. The summed E-state index contributed by atoms with van der Waals surface area (Å²) in [4.78, 5) is 38.0. The van der Waals surface area contributed by atoms with Gasteiger partial charge in [0.15, 0.2) is 5.65 Å². The molecular formula is C10H6N4O5S. The average molecular weight is 294 g/mol. The highest BCUT2D eigenvalue weighted by atomic mass is 32.1. The molecule has 0 bridgehead atoms. The van der Waals surface area contributed by atoms with Crippen molar-refractivity contribution in [2.45, 2.75) is 6.92 Å². The topological polar surface area (TPSA) is 138 Å². The van der Waals surface area contributed by atoms with Crippen molar-refractivity contribution in [3.05, 3.63) is 26.5 Å². The third-order valence-corrected chi connectivity index (χ3v) is 4.10. The SMILES string of the molecule is Cc1c(C(=O)O)sc2c1c(=O)nc1c(C(=O)O)n[nH]n12. The van der Waals surface area contributed by atoms with Crippen molar-refractivity contribution in [2.75, 3.05) is 0 Å². The van der Waals surface area contributed by atoms with Crippen LogP contribution in [-0.2, 0) is 0 Å². The quantitative estimate of drug-likeness (QED) is 0.619. The van der Waals surface area contributed by atoms with Gasteiger partial charge in [-0.25, -0.2) is 19.3 Å². The van der Waals surface area contributed by atoms with Crippen LogP contribution in [0.15, 0.2) is 4.79 Å². The first-order valence-electron chi connectivity index (χ1n) is 5.28. The van der Waals surface area contributed by atoms with Gasteiger partial charge in [0.05, 0.1) is 5.39 Å². The molecule has 0 saturated carbocycles. The van der Waals surface area contributed by atoms with Gasteiger partial charge in [0, 0.05) is 0 Å². The number of H-pyrrole nitrogens is 1. The lowest BCUT2D eigenvalue weighted by molar-refractivity contribution is 0.0685. The van der Waals surface area contributed by atoms with Crippen LogP contribution < -0.4 is 5.56 Å². The average Bonchev–Trinajstić information content (AvgIpc) is 2.90. The molecule has 102 valence electrons. The second-order valence-corrected chi connectivity index (χ2v) is 4.98. The molecule has 3 heterocycles. The maximum absolute atomic E-state index is 12.0. The third kappa shape index (κ3) is 1.45. The number of aromatic amines is 1. The standard InChI is InChI=1S/C10H6N4O5S/c1-2-3-7(15)11-6-4(9(16)17)12-13-14(6)8(3)20-5(2)10(18)19/h13H,1H3,(H,16,17)(H,18,19). The van der Waals surface area contributed by atoms with E-state index in [0.29, 0.717) is 5.56 Å². The summed E-state index contributed by atoms with van der Waals surface area (Å²) >= 11 is 0.860. The van der Waals surface area contributed by atoms with Gasteiger partial charge < -0.3 is 10.2 Å². The number of carboxylic acids is 2. The lowest BCUT2D eigenvalue weighted by Gasteiger charge is -1.94. The molecule has 0 amide bonds. The Morgan fingerprint density at radius 2 is 2.00 bits per heavy atom. The number of carbonyl (C=O) groups is 2. The molecule has 3 aromatic rings. The fourth-order valence-corrected chi connectivity index (χ4v) is 3.05. The van der Waals surface area contributed by atoms with Crippen LogP contribution in [0.3, 0.4) is 0 Å². The van der Waals surface area contributed by atoms with Crippen molar-refractivity contribution in [1.82, 2.24) is 19.8 Å². The Hall–Kier alpha value is -2.75. The van der Waals surface area contributed by atoms with Crippen molar-refractivity contribution in [2.24, 2.45) is 0 Å². The predicted octanol–water partition coefficient (Wildman–Crippen LogP) is 0.337. The summed E-state index contributed by atoms with van der Waals surface area (Å²) in [7, 11) is 0. The molecule has 0 aliphatic heterocycles. The monoisotopic (exact) mass is 294 g/mol. The van der Waals surface area contributed by atoms with Gasteiger partial charge in [-0.15, -0.1) is 16.4 Å². The molecule has 20 heavy (non-hydrogen) atoms. The Labute approximate surface area is 113 Å². The number of aryl methyl sites for hydroxylation is 1. The number of aromatic carboxylic acids is 2. The highest BCUT2D eigenvalue weighted by Crippen LogP contribution is 2.28. The van der Waals surface area contributed by atoms with E-state index in [9.17, 15) is 14.4 Å². The number of carboxylic acid groups (broad SMARTS) is 2. The first-order chi connectivity index (χ1) is 9.41. The van der Waals surface area contributed by atoms with E-state index < -0.39 is 23.2 Å². The second kappa shape index (κ2) is 3.87. The van der Waals surface area contributed by atoms with E-state index in [1.165, 1.54) is 11.4 Å². The van der Waals surface area contributed by atoms with Gasteiger partial charge in [0.1, 0.15) is 9.71 Å². The van der Waals surface area contributed by atoms with Crippen molar-refractivity contribution >= 4 is 39.1 Å². The molecule has 3 N–H and O–H groups in total. The molecule has 10 heteroatoms. The number of thiophene rings is 1. The number of hydrogen-bond donors (Lipinski definition) is 3. The molecule has 0 spiro atoms. The van der Waals surface area contributed by atoms with E-state index in [4.69, 9.17) is 10.2 Å². The molecular weight excluding hydrogens is 288 g/mol. The zero-order chi connectivity index (χ0) is 14.6. The number of rotatable bonds is 2. The lowest BCUT2D eigenvalue weighted by atomic mass is 10.2. The van der Waals surface area contributed by atoms with E-state index >= 15 is 0 Å². The summed E-state index contributed by atoms with van der Waals surface area (Å²) in [5, 5.41) is 24.2. The minimum atomic E-state index is -1.33. The highest BCUT2D eigenvalue weighted by Gasteiger charge is 2.23. The third-order valence-electron chi connectivity index (χ3n) is 2.83. The Morgan fingerprint density at radius 1 is 1.30 bits per heavy atom. The van der Waals surface area contributed by atoms with Crippen molar-refractivity contribution in [3.63, 3.8) is 0 Å². The summed E-state index contributed by atoms with van der Waals surface area (Å²) in [6, 6.07) is 0. The number of fused-ring (bicyclic) bond motifs is 3. The van der Waals surface area contributed by atoms with Gasteiger partial charge in [-0.05, 0) is 12.5 Å². The molecule has 3 aromatic heterocycles. The van der Waals surface area contributed by atoms with Crippen LogP contribution in [0.25, 0.3) is 15.9 Å².